The van der Waals surface area contributed by atoms with Crippen molar-refractivity contribution in [3.05, 3.63) is 48.5 Å². The van der Waals surface area contributed by atoms with Crippen LogP contribution in [-0.2, 0) is 9.59 Å². The third-order valence-electron chi connectivity index (χ3n) is 7.22. The maximum atomic E-state index is 12.5. The van der Waals surface area contributed by atoms with Crippen LogP contribution in [0.3, 0.4) is 0 Å². The van der Waals surface area contributed by atoms with Gasteiger partial charge in [-0.3, -0.25) is 9.59 Å². The molecule has 4 amide bonds. The van der Waals surface area contributed by atoms with E-state index in [4.69, 9.17) is 4.74 Å². The summed E-state index contributed by atoms with van der Waals surface area (Å²) in [6.07, 6.45) is 6.34. The summed E-state index contributed by atoms with van der Waals surface area (Å²) in [6, 6.07) is 15.0. The van der Waals surface area contributed by atoms with Gasteiger partial charge in [-0.15, -0.1) is 0 Å². The lowest BCUT2D eigenvalue weighted by atomic mass is 9.92. The van der Waals surface area contributed by atoms with Crippen LogP contribution >= 0.6 is 0 Å². The molecule has 1 saturated heterocycles. The number of amides is 4. The standard InChI is InChI=1S/C31H43N5O4/c1-31(2,3)18-28(37)33-20-29(38)32-19-22-16-17-36(21-22)25-12-8-23(9-13-25)34-30(39)35-24-10-14-27(15-11-24)40-26-6-4-5-7-26/h8-15,22,26H,4-7,16-21H2,1-3H3,(H,32,38)(H,33,37)(H2,34,35,39). The van der Waals surface area contributed by atoms with E-state index in [1.54, 1.807) is 0 Å². The highest BCUT2D eigenvalue weighted by Crippen LogP contribution is 2.26. The van der Waals surface area contributed by atoms with E-state index in [1.807, 2.05) is 69.3 Å². The Bertz CT molecular complexity index is 1140. The molecule has 1 unspecified atom stereocenters. The molecule has 1 heterocycles. The van der Waals surface area contributed by atoms with Crippen LogP contribution in [0.25, 0.3) is 0 Å². The maximum Gasteiger partial charge on any atom is 0.323 e. The van der Waals surface area contributed by atoms with Gasteiger partial charge in [0.2, 0.25) is 11.8 Å². The van der Waals surface area contributed by atoms with Crippen LogP contribution in [0.5, 0.6) is 5.75 Å². The Morgan fingerprint density at radius 1 is 0.850 bits per heavy atom. The maximum absolute atomic E-state index is 12.5. The first-order chi connectivity index (χ1) is 19.1. The number of carbonyl (C=O) groups excluding carboxylic acids is 3. The molecule has 1 saturated carbocycles. The van der Waals surface area contributed by atoms with Crippen molar-refractivity contribution in [2.75, 3.05) is 41.7 Å². The van der Waals surface area contributed by atoms with Gasteiger partial charge in [-0.1, -0.05) is 20.8 Å². The van der Waals surface area contributed by atoms with E-state index >= 15 is 0 Å². The van der Waals surface area contributed by atoms with Gasteiger partial charge in [-0.05, 0) is 92.0 Å². The van der Waals surface area contributed by atoms with Gasteiger partial charge >= 0.3 is 6.03 Å². The Balaban J connectivity index is 1.15. The molecule has 1 aliphatic heterocycles. The quantitative estimate of drug-likeness (QED) is 0.328. The van der Waals surface area contributed by atoms with E-state index in [-0.39, 0.29) is 29.8 Å². The monoisotopic (exact) mass is 549 g/mol. The van der Waals surface area contributed by atoms with Gasteiger partial charge in [0.25, 0.3) is 0 Å². The molecule has 2 aromatic rings. The van der Waals surface area contributed by atoms with E-state index in [0.717, 1.165) is 43.8 Å². The third kappa shape index (κ3) is 9.47. The molecule has 40 heavy (non-hydrogen) atoms. The molecule has 0 radical (unpaired) electrons. The summed E-state index contributed by atoms with van der Waals surface area (Å²) < 4.78 is 5.98. The third-order valence-corrected chi connectivity index (χ3v) is 7.22. The van der Waals surface area contributed by atoms with Crippen molar-refractivity contribution >= 4 is 34.9 Å². The topological polar surface area (TPSA) is 112 Å². The zero-order chi connectivity index (χ0) is 28.5. The highest BCUT2D eigenvalue weighted by Gasteiger charge is 2.23. The highest BCUT2D eigenvalue weighted by atomic mass is 16.5. The van der Waals surface area contributed by atoms with Crippen molar-refractivity contribution in [3.8, 4) is 5.75 Å². The predicted molar refractivity (Wildman–Crippen MR) is 159 cm³/mol. The fourth-order valence-corrected chi connectivity index (χ4v) is 5.14. The van der Waals surface area contributed by atoms with Crippen LogP contribution < -0.4 is 30.9 Å². The summed E-state index contributed by atoms with van der Waals surface area (Å²) in [5.41, 5.74) is 2.38. The Morgan fingerprint density at radius 3 is 2.10 bits per heavy atom. The second-order valence-corrected chi connectivity index (χ2v) is 12.1. The summed E-state index contributed by atoms with van der Waals surface area (Å²) in [4.78, 5) is 38.8. The average Bonchev–Trinajstić information content (AvgIpc) is 3.59. The van der Waals surface area contributed by atoms with Crippen molar-refractivity contribution in [3.63, 3.8) is 0 Å². The van der Waals surface area contributed by atoms with Crippen LogP contribution in [-0.4, -0.2) is 50.1 Å². The largest absolute Gasteiger partial charge is 0.490 e. The molecule has 1 aliphatic carbocycles. The number of benzene rings is 2. The van der Waals surface area contributed by atoms with Crippen LogP contribution in [0, 0.1) is 11.3 Å². The van der Waals surface area contributed by atoms with E-state index in [2.05, 4.69) is 26.2 Å². The Morgan fingerprint density at radius 2 is 1.48 bits per heavy atom. The number of hydrogen-bond acceptors (Lipinski definition) is 5. The van der Waals surface area contributed by atoms with Gasteiger partial charge in [0.15, 0.2) is 0 Å². The number of nitrogens with zero attached hydrogens (tertiary/aromatic N) is 1. The van der Waals surface area contributed by atoms with Crippen LogP contribution in [0.2, 0.25) is 0 Å². The number of hydrogen-bond donors (Lipinski definition) is 4. The molecule has 1 atom stereocenters. The van der Waals surface area contributed by atoms with E-state index in [9.17, 15) is 14.4 Å². The lowest BCUT2D eigenvalue weighted by Gasteiger charge is -2.19. The first kappa shape index (κ1) is 29.2. The molecular weight excluding hydrogens is 506 g/mol. The lowest BCUT2D eigenvalue weighted by Crippen LogP contribution is -2.40. The first-order valence-electron chi connectivity index (χ1n) is 14.4. The van der Waals surface area contributed by atoms with E-state index < -0.39 is 0 Å². The Hall–Kier alpha value is -3.75. The molecular formula is C31H43N5O4. The van der Waals surface area contributed by atoms with Gasteiger partial charge in [0, 0.05) is 43.1 Å². The molecule has 0 spiro atoms. The fourth-order valence-electron chi connectivity index (χ4n) is 5.14. The molecule has 0 aromatic heterocycles. The SMILES string of the molecule is CC(C)(C)CC(=O)NCC(=O)NCC1CCN(c2ccc(NC(=O)Nc3ccc(OC4CCCC4)cc3)cc2)C1. The number of ether oxygens (including phenoxy) is 1. The lowest BCUT2D eigenvalue weighted by molar-refractivity contribution is -0.127. The summed E-state index contributed by atoms with van der Waals surface area (Å²) >= 11 is 0. The van der Waals surface area contributed by atoms with Crippen molar-refractivity contribution in [2.45, 2.75) is 65.4 Å². The van der Waals surface area contributed by atoms with Gasteiger partial charge in [-0.25, -0.2) is 4.79 Å². The summed E-state index contributed by atoms with van der Waals surface area (Å²) in [5.74, 6) is 0.902. The predicted octanol–water partition coefficient (Wildman–Crippen LogP) is 5.15. The molecule has 4 rings (SSSR count). The summed E-state index contributed by atoms with van der Waals surface area (Å²) in [6.45, 7) is 8.31. The summed E-state index contributed by atoms with van der Waals surface area (Å²) in [5, 5.41) is 11.4. The second kappa shape index (κ2) is 13.5. The molecule has 216 valence electrons. The zero-order valence-electron chi connectivity index (χ0n) is 23.9. The minimum atomic E-state index is -0.302. The molecule has 2 aliphatic rings. The van der Waals surface area contributed by atoms with Crippen molar-refractivity contribution in [1.82, 2.24) is 10.6 Å². The van der Waals surface area contributed by atoms with Crippen molar-refractivity contribution in [1.29, 1.82) is 0 Å². The minimum Gasteiger partial charge on any atom is -0.490 e. The van der Waals surface area contributed by atoms with Crippen molar-refractivity contribution in [2.24, 2.45) is 11.3 Å². The molecule has 2 aromatic carbocycles. The molecule has 9 heteroatoms. The number of carbonyl (C=O) groups is 3. The van der Waals surface area contributed by atoms with E-state index in [1.165, 1.54) is 12.8 Å². The van der Waals surface area contributed by atoms with Gasteiger partial charge in [0.05, 0.1) is 12.6 Å². The first-order valence-corrected chi connectivity index (χ1v) is 14.4. The normalized spacial score (nSPS) is 17.4. The number of nitrogens with one attached hydrogen (secondary N) is 4. The fraction of sp³-hybridized carbons (Fsp3) is 0.516. The van der Waals surface area contributed by atoms with E-state index in [0.29, 0.717) is 36.4 Å². The Kier molecular flexibility index (Phi) is 9.90. The number of urea groups is 1. The van der Waals surface area contributed by atoms with Crippen LogP contribution in [0.15, 0.2) is 48.5 Å². The van der Waals surface area contributed by atoms with Gasteiger partial charge in [-0.2, -0.15) is 0 Å². The van der Waals surface area contributed by atoms with Gasteiger partial charge in [0.1, 0.15) is 5.75 Å². The average molecular weight is 550 g/mol. The second-order valence-electron chi connectivity index (χ2n) is 12.1. The smallest absolute Gasteiger partial charge is 0.323 e. The number of anilines is 3. The minimum absolute atomic E-state index is 0.00747. The Labute approximate surface area is 237 Å². The molecule has 4 N–H and O–H groups in total. The zero-order valence-corrected chi connectivity index (χ0v) is 23.9. The highest BCUT2D eigenvalue weighted by molar-refractivity contribution is 5.99. The molecule has 2 fully saturated rings. The van der Waals surface area contributed by atoms with Crippen LogP contribution in [0.1, 0.15) is 59.3 Å². The van der Waals surface area contributed by atoms with Gasteiger partial charge < -0.3 is 30.9 Å². The van der Waals surface area contributed by atoms with Crippen LogP contribution in [0.4, 0.5) is 21.9 Å². The van der Waals surface area contributed by atoms with Crippen molar-refractivity contribution < 1.29 is 19.1 Å². The number of rotatable bonds is 10. The molecule has 9 nitrogen and oxygen atoms in total. The molecule has 0 bridgehead atoms. The summed E-state index contributed by atoms with van der Waals surface area (Å²) in [7, 11) is 0.